The van der Waals surface area contributed by atoms with Crippen LogP contribution in [-0.4, -0.2) is 20.6 Å². The van der Waals surface area contributed by atoms with Gasteiger partial charge in [0.15, 0.2) is 11.8 Å². The van der Waals surface area contributed by atoms with Crippen LogP contribution in [0.1, 0.15) is 19.8 Å². The van der Waals surface area contributed by atoms with E-state index in [1.807, 2.05) is 0 Å². The van der Waals surface area contributed by atoms with Crippen LogP contribution in [-0.2, 0) is 11.3 Å². The highest BCUT2D eigenvalue weighted by atomic mass is 16.3. The van der Waals surface area contributed by atoms with Gasteiger partial charge in [-0.15, -0.1) is 0 Å². The van der Waals surface area contributed by atoms with E-state index < -0.39 is 0 Å². The van der Waals surface area contributed by atoms with Crippen LogP contribution in [0.2, 0.25) is 0 Å². The minimum atomic E-state index is -0.0126. The van der Waals surface area contributed by atoms with Crippen molar-refractivity contribution >= 4 is 5.78 Å². The Kier molecular flexibility index (Phi) is 2.95. The fourth-order valence-electron chi connectivity index (χ4n) is 1.09. The van der Waals surface area contributed by atoms with E-state index in [9.17, 15) is 15.0 Å². The first-order chi connectivity index (χ1) is 6.15. The second-order valence-corrected chi connectivity index (χ2v) is 2.84. The first kappa shape index (κ1) is 9.64. The molecule has 1 aromatic rings. The van der Waals surface area contributed by atoms with Crippen molar-refractivity contribution in [2.45, 2.75) is 26.3 Å². The number of hydrogen-bond acceptors (Lipinski definition) is 3. The molecule has 0 unspecified atom stereocenters. The summed E-state index contributed by atoms with van der Waals surface area (Å²) in [7, 11) is 0. The smallest absolute Gasteiger partial charge is 0.193 e. The average Bonchev–Trinajstić information content (AvgIpc) is 2.43. The van der Waals surface area contributed by atoms with E-state index in [2.05, 4.69) is 0 Å². The van der Waals surface area contributed by atoms with Gasteiger partial charge in [-0.05, 0) is 0 Å². The zero-order valence-corrected chi connectivity index (χ0v) is 7.53. The highest BCUT2D eigenvalue weighted by molar-refractivity contribution is 5.77. The minimum absolute atomic E-state index is 0.0126. The van der Waals surface area contributed by atoms with Crippen molar-refractivity contribution in [3.63, 3.8) is 0 Å². The molecule has 1 aromatic heterocycles. The summed E-state index contributed by atoms with van der Waals surface area (Å²) >= 11 is 0. The van der Waals surface area contributed by atoms with E-state index in [0.29, 0.717) is 19.4 Å². The van der Waals surface area contributed by atoms with E-state index in [1.54, 1.807) is 6.92 Å². The summed E-state index contributed by atoms with van der Waals surface area (Å²) in [5.74, 6) is 0.0929. The van der Waals surface area contributed by atoms with Gasteiger partial charge in [-0.1, -0.05) is 6.92 Å². The van der Waals surface area contributed by atoms with E-state index in [4.69, 9.17) is 0 Å². The Labute approximate surface area is 76.4 Å². The zero-order valence-electron chi connectivity index (χ0n) is 7.53. The lowest BCUT2D eigenvalue weighted by Crippen LogP contribution is -2.03. The molecular weight excluding hydrogens is 170 g/mol. The summed E-state index contributed by atoms with van der Waals surface area (Å²) in [5.41, 5.74) is 0. The second-order valence-electron chi connectivity index (χ2n) is 2.84. The Morgan fingerprint density at radius 2 is 1.92 bits per heavy atom. The van der Waals surface area contributed by atoms with Gasteiger partial charge in [-0.25, -0.2) is 0 Å². The molecule has 1 rings (SSSR count). The molecule has 0 saturated heterocycles. The molecule has 0 aliphatic carbocycles. The van der Waals surface area contributed by atoms with Crippen LogP contribution in [0.4, 0.5) is 0 Å². The maximum Gasteiger partial charge on any atom is 0.193 e. The molecule has 4 heteroatoms. The van der Waals surface area contributed by atoms with Crippen LogP contribution in [0.15, 0.2) is 12.1 Å². The summed E-state index contributed by atoms with van der Waals surface area (Å²) in [6.07, 6.45) is 0.828. The molecule has 0 fully saturated rings. The molecule has 0 aliphatic heterocycles. The number of hydrogen-bond donors (Lipinski definition) is 2. The monoisotopic (exact) mass is 183 g/mol. The van der Waals surface area contributed by atoms with E-state index in [-0.39, 0.29) is 17.5 Å². The molecule has 0 aliphatic rings. The molecule has 4 nitrogen and oxygen atoms in total. The van der Waals surface area contributed by atoms with Crippen molar-refractivity contribution in [2.75, 3.05) is 0 Å². The number of carbonyl (C=O) groups is 1. The summed E-state index contributed by atoms with van der Waals surface area (Å²) < 4.78 is 1.30. The maximum absolute atomic E-state index is 11.0. The van der Waals surface area contributed by atoms with Gasteiger partial charge in [-0.3, -0.25) is 9.36 Å². The van der Waals surface area contributed by atoms with Crippen LogP contribution in [0.3, 0.4) is 0 Å². The highest BCUT2D eigenvalue weighted by Crippen LogP contribution is 2.21. The molecule has 0 amide bonds. The first-order valence-corrected chi connectivity index (χ1v) is 4.24. The van der Waals surface area contributed by atoms with E-state index in [0.717, 1.165) is 0 Å². The van der Waals surface area contributed by atoms with Crippen LogP contribution in [0, 0.1) is 0 Å². The molecule has 0 saturated carbocycles. The van der Waals surface area contributed by atoms with E-state index in [1.165, 1.54) is 16.7 Å². The summed E-state index contributed by atoms with van der Waals surface area (Å²) in [6, 6.07) is 2.79. The summed E-state index contributed by atoms with van der Waals surface area (Å²) in [4.78, 5) is 11.0. The number of nitrogens with zero attached hydrogens (tertiary/aromatic N) is 1. The fraction of sp³-hybridized carbons (Fsp3) is 0.444. The van der Waals surface area contributed by atoms with Gasteiger partial charge in [0.2, 0.25) is 0 Å². The van der Waals surface area contributed by atoms with Gasteiger partial charge in [-0.2, -0.15) is 0 Å². The zero-order chi connectivity index (χ0) is 9.84. The Morgan fingerprint density at radius 3 is 2.38 bits per heavy atom. The molecule has 1 heterocycles. The van der Waals surface area contributed by atoms with Gasteiger partial charge < -0.3 is 10.2 Å². The third-order valence-electron chi connectivity index (χ3n) is 1.94. The molecule has 0 bridgehead atoms. The Balaban J connectivity index is 2.58. The van der Waals surface area contributed by atoms with Gasteiger partial charge in [0.05, 0.1) is 0 Å². The largest absolute Gasteiger partial charge is 0.494 e. The molecule has 72 valence electrons. The normalized spacial score (nSPS) is 10.2. The highest BCUT2D eigenvalue weighted by Gasteiger charge is 2.06. The minimum Gasteiger partial charge on any atom is -0.494 e. The van der Waals surface area contributed by atoms with Crippen molar-refractivity contribution in [1.82, 2.24) is 4.57 Å². The van der Waals surface area contributed by atoms with Gasteiger partial charge in [0.1, 0.15) is 5.78 Å². The lowest BCUT2D eigenvalue weighted by atomic mass is 10.2. The quantitative estimate of drug-likeness (QED) is 0.738. The number of aromatic hydroxyl groups is 2. The third kappa shape index (κ3) is 2.24. The van der Waals surface area contributed by atoms with Crippen molar-refractivity contribution < 1.29 is 15.0 Å². The Morgan fingerprint density at radius 1 is 1.38 bits per heavy atom. The molecule has 0 spiro atoms. The Hall–Kier alpha value is -1.45. The van der Waals surface area contributed by atoms with Crippen LogP contribution in [0.5, 0.6) is 11.8 Å². The van der Waals surface area contributed by atoms with Gasteiger partial charge in [0.25, 0.3) is 0 Å². The molecule has 2 N–H and O–H groups in total. The average molecular weight is 183 g/mol. The molecule has 0 aromatic carbocycles. The lowest BCUT2D eigenvalue weighted by molar-refractivity contribution is -0.118. The van der Waals surface area contributed by atoms with Crippen molar-refractivity contribution in [3.8, 4) is 11.8 Å². The van der Waals surface area contributed by atoms with Gasteiger partial charge in [0, 0.05) is 31.5 Å². The summed E-state index contributed by atoms with van der Waals surface area (Å²) in [5, 5.41) is 18.4. The second kappa shape index (κ2) is 3.98. The van der Waals surface area contributed by atoms with Crippen LogP contribution in [0.25, 0.3) is 0 Å². The van der Waals surface area contributed by atoms with Crippen molar-refractivity contribution in [3.05, 3.63) is 12.1 Å². The lowest BCUT2D eigenvalue weighted by Gasteiger charge is -2.04. The number of aromatic nitrogens is 1. The maximum atomic E-state index is 11.0. The number of carbonyl (C=O) groups excluding carboxylic acids is 1. The number of Topliss-reactive ketones (excluding diaryl/α,β-unsaturated/α-hetero) is 1. The van der Waals surface area contributed by atoms with Crippen molar-refractivity contribution in [2.24, 2.45) is 0 Å². The summed E-state index contributed by atoms with van der Waals surface area (Å²) in [6.45, 7) is 2.12. The molecule has 0 atom stereocenters. The standard InChI is InChI=1S/C9H13NO3/c1-2-7(11)5-6-10-8(12)3-4-9(10)13/h3-4,12-13H,2,5-6H2,1H3. The number of rotatable bonds is 4. The van der Waals surface area contributed by atoms with Crippen LogP contribution < -0.4 is 0 Å². The predicted molar refractivity (Wildman–Crippen MR) is 47.7 cm³/mol. The first-order valence-electron chi connectivity index (χ1n) is 4.24. The Bertz CT molecular complexity index is 284. The molecule has 0 radical (unpaired) electrons. The molecule has 13 heavy (non-hydrogen) atoms. The SMILES string of the molecule is CCC(=O)CCn1c(O)ccc1O. The predicted octanol–water partition coefficient (Wildman–Crippen LogP) is 1.27. The molecular formula is C9H13NO3. The van der Waals surface area contributed by atoms with Crippen LogP contribution >= 0.6 is 0 Å². The van der Waals surface area contributed by atoms with Crippen molar-refractivity contribution in [1.29, 1.82) is 0 Å². The topological polar surface area (TPSA) is 62.5 Å². The fourth-order valence-corrected chi connectivity index (χ4v) is 1.09. The number of ketones is 1. The van der Waals surface area contributed by atoms with Gasteiger partial charge >= 0.3 is 0 Å². The third-order valence-corrected chi connectivity index (χ3v) is 1.94. The van der Waals surface area contributed by atoms with E-state index >= 15 is 0 Å².